The second-order valence-corrected chi connectivity index (χ2v) is 7.91. The fraction of sp³-hybridized carbons (Fsp3) is 0.182. The maximum Gasteiger partial charge on any atom is 0.284 e. The van der Waals surface area contributed by atoms with Gasteiger partial charge in [-0.05, 0) is 24.3 Å². The maximum atomic E-state index is 13.2. The zero-order chi connectivity index (χ0) is 24.1. The van der Waals surface area contributed by atoms with Crippen molar-refractivity contribution in [3.63, 3.8) is 0 Å². The van der Waals surface area contributed by atoms with Crippen LogP contribution in [0.25, 0.3) is 27.6 Å². The number of nitrogen functional groups attached to an aromatic ring is 1. The molecule has 0 radical (unpaired) electrons. The number of aliphatic hydroxyl groups excluding tert-OH is 1. The third-order valence-electron chi connectivity index (χ3n) is 5.83. The van der Waals surface area contributed by atoms with E-state index in [1.165, 1.54) is 4.90 Å². The van der Waals surface area contributed by atoms with Gasteiger partial charge in [0.1, 0.15) is 17.3 Å². The maximum absolute atomic E-state index is 13.2. The number of aromatic nitrogens is 6. The molecule has 1 aromatic carbocycles. The Hall–Kier alpha value is -4.62. The second kappa shape index (κ2) is 8.00. The number of carbonyl (C=O) groups excluding carboxylic acids is 1. The predicted octanol–water partition coefficient (Wildman–Crippen LogP) is 0.693. The zero-order valence-corrected chi connectivity index (χ0v) is 18.0. The molecule has 0 aliphatic carbocycles. The number of nitrogens with zero attached hydrogens (tertiary/aromatic N) is 6. The van der Waals surface area contributed by atoms with Gasteiger partial charge < -0.3 is 25.1 Å². The summed E-state index contributed by atoms with van der Waals surface area (Å²) in [6.07, 6.45) is 2.18. The van der Waals surface area contributed by atoms with Crippen molar-refractivity contribution in [1.82, 2.24) is 29.9 Å². The lowest BCUT2D eigenvalue weighted by Crippen LogP contribution is -2.50. The molecule has 35 heavy (non-hydrogen) atoms. The van der Waals surface area contributed by atoms with E-state index in [9.17, 15) is 14.7 Å². The summed E-state index contributed by atoms with van der Waals surface area (Å²) in [6.45, 7) is 0.410. The minimum Gasteiger partial charge on any atom is -0.382 e. The van der Waals surface area contributed by atoms with Gasteiger partial charge in [0.05, 0.1) is 29.7 Å². The smallest absolute Gasteiger partial charge is 0.284 e. The summed E-state index contributed by atoms with van der Waals surface area (Å²) in [5, 5.41) is 19.7. The fourth-order valence-electron chi connectivity index (χ4n) is 4.11. The van der Waals surface area contributed by atoms with Gasteiger partial charge in [0, 0.05) is 24.7 Å². The number of pyridine rings is 1. The number of nitrogens with one attached hydrogen (secondary N) is 1. The van der Waals surface area contributed by atoms with Crippen LogP contribution in [0.3, 0.4) is 0 Å². The van der Waals surface area contributed by atoms with Crippen molar-refractivity contribution in [1.29, 1.82) is 0 Å². The molecule has 2 atom stereocenters. The Labute approximate surface area is 195 Å². The van der Waals surface area contributed by atoms with E-state index in [1.807, 2.05) is 0 Å². The Morgan fingerprint density at radius 3 is 2.83 bits per heavy atom. The Kier molecular flexibility index (Phi) is 4.79. The van der Waals surface area contributed by atoms with Gasteiger partial charge in [-0.3, -0.25) is 19.5 Å². The molecule has 0 saturated carbocycles. The van der Waals surface area contributed by atoms with Crippen molar-refractivity contribution in [3.05, 3.63) is 65.1 Å². The van der Waals surface area contributed by atoms with Crippen LogP contribution in [0.1, 0.15) is 11.9 Å². The molecule has 176 valence electrons. The minimum absolute atomic E-state index is 0.114. The summed E-state index contributed by atoms with van der Waals surface area (Å²) in [4.78, 5) is 38.3. The number of benzene rings is 1. The Morgan fingerprint density at radius 1 is 1.17 bits per heavy atom. The number of H-pyrrole nitrogens is 1. The lowest BCUT2D eigenvalue weighted by atomic mass is 10.1. The minimum atomic E-state index is -1.53. The van der Waals surface area contributed by atoms with Crippen LogP contribution >= 0.6 is 0 Å². The van der Waals surface area contributed by atoms with Crippen LogP contribution in [0.4, 0.5) is 11.6 Å². The predicted molar refractivity (Wildman–Crippen MR) is 123 cm³/mol. The molecule has 1 aliphatic heterocycles. The zero-order valence-electron chi connectivity index (χ0n) is 18.0. The number of carbonyl (C=O) groups is 1. The standard InChI is InChI=1S/C22H18N8O5/c23-19-12-1-2-13-15(17(12)35-28-19)21(32)26-20(25-13)16(31)18-22(33)29(9-10-34-18)14-5-8-30(27-14)11-3-6-24-7-4-11/h1-8,16,18,31H,9-10H2,(H2,23,28)(H,25,26,32)/t16-,18?/m1/s1. The fourth-order valence-corrected chi connectivity index (χ4v) is 4.11. The SMILES string of the molecule is Nc1noc2c1ccc1[nH]c([C@H](O)C3OCCN(c4ccn(-c5ccncc5)n4)C3=O)nc(=O)c12. The molecule has 5 aromatic rings. The molecule has 1 amide bonds. The van der Waals surface area contributed by atoms with E-state index >= 15 is 0 Å². The van der Waals surface area contributed by atoms with E-state index in [2.05, 4.69) is 25.2 Å². The highest BCUT2D eigenvalue weighted by molar-refractivity contribution is 6.05. The quantitative estimate of drug-likeness (QED) is 0.336. The Bertz CT molecular complexity index is 1630. The normalized spacial score (nSPS) is 17.3. The molecule has 1 aliphatic rings. The van der Waals surface area contributed by atoms with Crippen LogP contribution in [-0.2, 0) is 9.53 Å². The van der Waals surface area contributed by atoms with Gasteiger partial charge in [-0.25, -0.2) is 4.68 Å². The van der Waals surface area contributed by atoms with E-state index in [0.717, 1.165) is 5.69 Å². The summed E-state index contributed by atoms with van der Waals surface area (Å²) >= 11 is 0. The van der Waals surface area contributed by atoms with E-state index in [1.54, 1.807) is 53.6 Å². The monoisotopic (exact) mass is 474 g/mol. The van der Waals surface area contributed by atoms with Crippen LogP contribution in [0, 0.1) is 0 Å². The number of nitrogens with two attached hydrogens (primary N) is 1. The molecule has 4 N–H and O–H groups in total. The van der Waals surface area contributed by atoms with Gasteiger partial charge in [-0.1, -0.05) is 5.16 Å². The number of aromatic amines is 1. The van der Waals surface area contributed by atoms with Crippen LogP contribution in [0.5, 0.6) is 0 Å². The first-order chi connectivity index (χ1) is 17.0. The van der Waals surface area contributed by atoms with Crippen LogP contribution in [-0.4, -0.2) is 60.2 Å². The van der Waals surface area contributed by atoms with Crippen molar-refractivity contribution < 1.29 is 19.2 Å². The molecule has 1 saturated heterocycles. The second-order valence-electron chi connectivity index (χ2n) is 7.91. The number of aliphatic hydroxyl groups is 1. The Balaban J connectivity index is 1.31. The summed E-state index contributed by atoms with van der Waals surface area (Å²) in [5.41, 5.74) is 6.42. The molecule has 5 heterocycles. The average molecular weight is 474 g/mol. The van der Waals surface area contributed by atoms with Crippen LogP contribution in [0.15, 0.2) is 58.2 Å². The third-order valence-corrected chi connectivity index (χ3v) is 5.83. The molecule has 4 aromatic heterocycles. The lowest BCUT2D eigenvalue weighted by Gasteiger charge is -2.32. The van der Waals surface area contributed by atoms with Gasteiger partial charge in [-0.2, -0.15) is 4.98 Å². The number of rotatable bonds is 4. The van der Waals surface area contributed by atoms with Gasteiger partial charge >= 0.3 is 0 Å². The van der Waals surface area contributed by atoms with Crippen LogP contribution < -0.4 is 16.2 Å². The molecule has 13 nitrogen and oxygen atoms in total. The van der Waals surface area contributed by atoms with Crippen molar-refractivity contribution in [3.8, 4) is 5.69 Å². The number of ether oxygens (including phenoxy) is 1. The molecule has 0 bridgehead atoms. The molecule has 1 fully saturated rings. The van der Waals surface area contributed by atoms with Gasteiger partial charge in [0.25, 0.3) is 11.5 Å². The third kappa shape index (κ3) is 3.41. The first-order valence-electron chi connectivity index (χ1n) is 10.7. The van der Waals surface area contributed by atoms with E-state index in [0.29, 0.717) is 16.7 Å². The molecule has 13 heteroatoms. The molecular weight excluding hydrogens is 456 g/mol. The van der Waals surface area contributed by atoms with Crippen LogP contribution in [0.2, 0.25) is 0 Å². The van der Waals surface area contributed by atoms with Crippen molar-refractivity contribution >= 4 is 39.4 Å². The summed E-state index contributed by atoms with van der Waals surface area (Å²) in [5.74, 6) is -0.0718. The Morgan fingerprint density at radius 2 is 2.00 bits per heavy atom. The average Bonchev–Trinajstić information content (AvgIpc) is 3.51. The molecule has 6 rings (SSSR count). The number of hydrogen-bond acceptors (Lipinski definition) is 10. The summed E-state index contributed by atoms with van der Waals surface area (Å²) < 4.78 is 12.4. The topological polar surface area (TPSA) is 178 Å². The van der Waals surface area contributed by atoms with E-state index < -0.39 is 23.7 Å². The van der Waals surface area contributed by atoms with Gasteiger partial charge in [0.15, 0.2) is 23.3 Å². The summed E-state index contributed by atoms with van der Waals surface area (Å²) in [7, 11) is 0. The van der Waals surface area contributed by atoms with Crippen molar-refractivity contribution in [2.24, 2.45) is 0 Å². The highest BCUT2D eigenvalue weighted by Crippen LogP contribution is 2.28. The molecule has 1 unspecified atom stereocenters. The first kappa shape index (κ1) is 20.9. The van der Waals surface area contributed by atoms with Crippen molar-refractivity contribution in [2.75, 3.05) is 23.8 Å². The highest BCUT2D eigenvalue weighted by atomic mass is 16.5. The first-order valence-corrected chi connectivity index (χ1v) is 10.7. The van der Waals surface area contributed by atoms with Crippen molar-refractivity contribution in [2.45, 2.75) is 12.2 Å². The number of hydrogen-bond donors (Lipinski definition) is 3. The number of fused-ring (bicyclic) bond motifs is 3. The van der Waals surface area contributed by atoms with E-state index in [4.69, 9.17) is 15.0 Å². The molecular formula is C22H18N8O5. The molecule has 0 spiro atoms. The lowest BCUT2D eigenvalue weighted by molar-refractivity contribution is -0.143. The number of morpholine rings is 1. The van der Waals surface area contributed by atoms with Gasteiger partial charge in [-0.15, -0.1) is 5.10 Å². The largest absolute Gasteiger partial charge is 0.382 e. The van der Waals surface area contributed by atoms with Gasteiger partial charge in [0.2, 0.25) is 0 Å². The summed E-state index contributed by atoms with van der Waals surface area (Å²) in [6, 6.07) is 8.50. The highest BCUT2D eigenvalue weighted by Gasteiger charge is 2.38. The number of amides is 1. The van der Waals surface area contributed by atoms with E-state index in [-0.39, 0.29) is 35.8 Å². The number of anilines is 2.